The second kappa shape index (κ2) is 5.94. The molecular weight excluding hydrogens is 256 g/mol. The number of benzene rings is 1. The second-order valence-electron chi connectivity index (χ2n) is 5.15. The summed E-state index contributed by atoms with van der Waals surface area (Å²) in [5, 5.41) is 0. The molecule has 0 N–H and O–H groups in total. The van der Waals surface area contributed by atoms with Crippen molar-refractivity contribution in [2.24, 2.45) is 0 Å². The number of hydrogen-bond donors (Lipinski definition) is 0. The third kappa shape index (κ3) is 2.92. The molecule has 0 spiro atoms. The maximum absolute atomic E-state index is 12.0. The highest BCUT2D eigenvalue weighted by atomic mass is 16.5. The van der Waals surface area contributed by atoms with E-state index in [4.69, 9.17) is 4.74 Å². The summed E-state index contributed by atoms with van der Waals surface area (Å²) in [5.41, 5.74) is 0.740. The molecule has 1 aliphatic rings. The first kappa shape index (κ1) is 14.4. The minimum absolute atomic E-state index is 0.0330. The van der Waals surface area contributed by atoms with Gasteiger partial charge in [0.05, 0.1) is 5.69 Å². The van der Waals surface area contributed by atoms with Crippen molar-refractivity contribution in [3.8, 4) is 5.75 Å². The zero-order valence-corrected chi connectivity index (χ0v) is 12.1. The monoisotopic (exact) mass is 276 g/mol. The van der Waals surface area contributed by atoms with Crippen LogP contribution < -0.4 is 9.64 Å². The van der Waals surface area contributed by atoms with E-state index in [-0.39, 0.29) is 24.5 Å². The van der Waals surface area contributed by atoms with E-state index in [1.165, 1.54) is 0 Å². The van der Waals surface area contributed by atoms with Gasteiger partial charge in [-0.25, -0.2) is 0 Å². The number of para-hydroxylation sites is 2. The largest absolute Gasteiger partial charge is 0.482 e. The van der Waals surface area contributed by atoms with Crippen molar-refractivity contribution >= 4 is 17.5 Å². The van der Waals surface area contributed by atoms with Crippen LogP contribution in [0.2, 0.25) is 0 Å². The minimum Gasteiger partial charge on any atom is -0.482 e. The molecule has 1 heterocycles. The molecule has 5 heteroatoms. The third-order valence-corrected chi connectivity index (χ3v) is 3.53. The molecule has 0 radical (unpaired) electrons. The Bertz CT molecular complexity index is 514. The lowest BCUT2D eigenvalue weighted by Gasteiger charge is -2.30. The van der Waals surface area contributed by atoms with Crippen LogP contribution >= 0.6 is 0 Å². The number of anilines is 1. The Kier molecular flexibility index (Phi) is 4.27. The number of ether oxygens (including phenoxy) is 1. The molecule has 2 rings (SSSR count). The molecule has 0 bridgehead atoms. The van der Waals surface area contributed by atoms with Crippen LogP contribution in [0.25, 0.3) is 0 Å². The van der Waals surface area contributed by atoms with Crippen molar-refractivity contribution in [2.75, 3.05) is 25.1 Å². The third-order valence-electron chi connectivity index (χ3n) is 3.53. The molecule has 108 valence electrons. The molecule has 1 aromatic carbocycles. The molecule has 0 saturated carbocycles. The number of carbonyl (C=O) groups excluding carboxylic acids is 2. The van der Waals surface area contributed by atoms with Crippen LogP contribution in [0.4, 0.5) is 5.69 Å². The molecule has 0 aliphatic carbocycles. The van der Waals surface area contributed by atoms with Gasteiger partial charge in [0.25, 0.3) is 5.91 Å². The maximum Gasteiger partial charge on any atom is 0.265 e. The van der Waals surface area contributed by atoms with E-state index in [9.17, 15) is 9.59 Å². The smallest absolute Gasteiger partial charge is 0.265 e. The molecule has 20 heavy (non-hydrogen) atoms. The molecular formula is C15H20N2O3. The number of rotatable bonds is 4. The Hall–Kier alpha value is -2.04. The summed E-state index contributed by atoms with van der Waals surface area (Å²) in [6, 6.07) is 7.55. The molecule has 0 fully saturated rings. The molecule has 2 amide bonds. The van der Waals surface area contributed by atoms with Gasteiger partial charge in [0.1, 0.15) is 5.75 Å². The maximum atomic E-state index is 12.0. The van der Waals surface area contributed by atoms with Gasteiger partial charge in [0.2, 0.25) is 5.91 Å². The lowest BCUT2D eigenvalue weighted by atomic mass is 10.2. The Morgan fingerprint density at radius 2 is 2.10 bits per heavy atom. The van der Waals surface area contributed by atoms with Gasteiger partial charge < -0.3 is 14.5 Å². The Balaban J connectivity index is 2.06. The second-order valence-corrected chi connectivity index (χ2v) is 5.15. The molecule has 0 saturated heterocycles. The SMILES string of the molecule is CC(C)N(C)C(=O)CCN1C(=O)COc2ccccc21. The highest BCUT2D eigenvalue weighted by Gasteiger charge is 2.25. The van der Waals surface area contributed by atoms with Crippen molar-refractivity contribution in [3.05, 3.63) is 24.3 Å². The average Bonchev–Trinajstić information content (AvgIpc) is 2.45. The molecule has 0 unspecified atom stereocenters. The average molecular weight is 276 g/mol. The van der Waals surface area contributed by atoms with E-state index < -0.39 is 0 Å². The van der Waals surface area contributed by atoms with E-state index in [0.717, 1.165) is 5.69 Å². The van der Waals surface area contributed by atoms with E-state index in [1.807, 2.05) is 38.1 Å². The summed E-state index contributed by atoms with van der Waals surface area (Å²) in [7, 11) is 1.78. The molecule has 0 aromatic heterocycles. The van der Waals surface area contributed by atoms with Crippen molar-refractivity contribution in [3.63, 3.8) is 0 Å². The van der Waals surface area contributed by atoms with Crippen LogP contribution in [0.1, 0.15) is 20.3 Å². The standard InChI is InChI=1S/C15H20N2O3/c1-11(2)16(3)14(18)8-9-17-12-6-4-5-7-13(12)20-10-15(17)19/h4-7,11H,8-10H2,1-3H3. The zero-order chi connectivity index (χ0) is 14.7. The number of hydrogen-bond acceptors (Lipinski definition) is 3. The van der Waals surface area contributed by atoms with Crippen LogP contribution in [0.15, 0.2) is 24.3 Å². The van der Waals surface area contributed by atoms with Gasteiger partial charge in [0, 0.05) is 26.1 Å². The van der Waals surface area contributed by atoms with Crippen molar-refractivity contribution in [1.29, 1.82) is 0 Å². The van der Waals surface area contributed by atoms with Crippen LogP contribution in [0.5, 0.6) is 5.75 Å². The minimum atomic E-state index is -0.108. The number of nitrogens with zero attached hydrogens (tertiary/aromatic N) is 2. The van der Waals surface area contributed by atoms with Gasteiger partial charge >= 0.3 is 0 Å². The van der Waals surface area contributed by atoms with Crippen LogP contribution in [0.3, 0.4) is 0 Å². The first-order valence-electron chi connectivity index (χ1n) is 6.78. The fourth-order valence-corrected chi connectivity index (χ4v) is 2.07. The lowest BCUT2D eigenvalue weighted by molar-refractivity contribution is -0.131. The Morgan fingerprint density at radius 3 is 2.80 bits per heavy atom. The Labute approximate surface area is 119 Å². The number of amides is 2. The van der Waals surface area contributed by atoms with Crippen molar-refractivity contribution in [2.45, 2.75) is 26.3 Å². The summed E-state index contributed by atoms with van der Waals surface area (Å²) in [5.74, 6) is 0.622. The Morgan fingerprint density at radius 1 is 1.40 bits per heavy atom. The molecule has 1 aliphatic heterocycles. The first-order chi connectivity index (χ1) is 9.50. The fraction of sp³-hybridized carbons (Fsp3) is 0.467. The van der Waals surface area contributed by atoms with E-state index in [0.29, 0.717) is 18.7 Å². The first-order valence-corrected chi connectivity index (χ1v) is 6.78. The topological polar surface area (TPSA) is 49.9 Å². The fourth-order valence-electron chi connectivity index (χ4n) is 2.07. The predicted molar refractivity (Wildman–Crippen MR) is 76.8 cm³/mol. The van der Waals surface area contributed by atoms with Crippen molar-refractivity contribution < 1.29 is 14.3 Å². The van der Waals surface area contributed by atoms with Gasteiger partial charge in [0.15, 0.2) is 6.61 Å². The summed E-state index contributed by atoms with van der Waals surface area (Å²) >= 11 is 0. The molecule has 0 atom stereocenters. The summed E-state index contributed by atoms with van der Waals surface area (Å²) < 4.78 is 5.37. The summed E-state index contributed by atoms with van der Waals surface area (Å²) in [6.07, 6.45) is 0.314. The van der Waals surface area contributed by atoms with Crippen LogP contribution in [0, 0.1) is 0 Å². The van der Waals surface area contributed by atoms with E-state index >= 15 is 0 Å². The number of fused-ring (bicyclic) bond motifs is 1. The van der Waals surface area contributed by atoms with Gasteiger partial charge in [-0.1, -0.05) is 12.1 Å². The van der Waals surface area contributed by atoms with Crippen LogP contribution in [-0.2, 0) is 9.59 Å². The molecule has 5 nitrogen and oxygen atoms in total. The molecule has 1 aromatic rings. The quantitative estimate of drug-likeness (QED) is 0.840. The number of carbonyl (C=O) groups is 2. The predicted octanol–water partition coefficient (Wildman–Crippen LogP) is 1.67. The highest BCUT2D eigenvalue weighted by molar-refractivity contribution is 5.98. The van der Waals surface area contributed by atoms with E-state index in [1.54, 1.807) is 16.8 Å². The normalized spacial score (nSPS) is 14.0. The van der Waals surface area contributed by atoms with E-state index in [2.05, 4.69) is 0 Å². The van der Waals surface area contributed by atoms with Gasteiger partial charge in [-0.3, -0.25) is 9.59 Å². The van der Waals surface area contributed by atoms with Gasteiger partial charge in [-0.2, -0.15) is 0 Å². The van der Waals surface area contributed by atoms with Gasteiger partial charge in [-0.15, -0.1) is 0 Å². The van der Waals surface area contributed by atoms with Crippen LogP contribution in [-0.4, -0.2) is 43.0 Å². The highest BCUT2D eigenvalue weighted by Crippen LogP contribution is 2.31. The van der Waals surface area contributed by atoms with Crippen molar-refractivity contribution in [1.82, 2.24) is 4.90 Å². The summed E-state index contributed by atoms with van der Waals surface area (Å²) in [6.45, 7) is 4.35. The lowest BCUT2D eigenvalue weighted by Crippen LogP contribution is -2.42. The summed E-state index contributed by atoms with van der Waals surface area (Å²) in [4.78, 5) is 27.3. The zero-order valence-electron chi connectivity index (χ0n) is 12.1. The van der Waals surface area contributed by atoms with Gasteiger partial charge in [-0.05, 0) is 26.0 Å².